The van der Waals surface area contributed by atoms with Crippen molar-refractivity contribution in [2.45, 2.75) is 38.1 Å². The Balaban J connectivity index is 1.42. The van der Waals surface area contributed by atoms with Gasteiger partial charge in [-0.2, -0.15) is 0 Å². The van der Waals surface area contributed by atoms with E-state index < -0.39 is 0 Å². The molecule has 5 rings (SSSR count). The molecule has 0 spiro atoms. The summed E-state index contributed by atoms with van der Waals surface area (Å²) in [5.74, 6) is 2.08. The zero-order valence-corrected chi connectivity index (χ0v) is 19.5. The lowest BCUT2D eigenvalue weighted by molar-refractivity contribution is -0.142. The number of ether oxygens (including phenoxy) is 2. The summed E-state index contributed by atoms with van der Waals surface area (Å²) in [6, 6.07) is 14.1. The number of likely N-dealkylation sites (tertiary alicyclic amines) is 1. The van der Waals surface area contributed by atoms with Crippen LogP contribution in [0.5, 0.6) is 11.5 Å². The molecule has 0 radical (unpaired) electrons. The highest BCUT2D eigenvalue weighted by molar-refractivity contribution is 5.83. The summed E-state index contributed by atoms with van der Waals surface area (Å²) in [5, 5.41) is 0. The third kappa shape index (κ3) is 4.19. The maximum absolute atomic E-state index is 13.8. The Morgan fingerprint density at radius 3 is 2.09 bits per heavy atom. The van der Waals surface area contributed by atoms with Gasteiger partial charge in [0.15, 0.2) is 11.5 Å². The number of fused-ring (bicyclic) bond motifs is 1. The minimum absolute atomic E-state index is 0.0406. The van der Waals surface area contributed by atoms with Crippen molar-refractivity contribution in [1.29, 1.82) is 0 Å². The summed E-state index contributed by atoms with van der Waals surface area (Å²) in [4.78, 5) is 30.3. The maximum Gasteiger partial charge on any atom is 0.226 e. The third-order valence-corrected chi connectivity index (χ3v) is 7.35. The van der Waals surface area contributed by atoms with Crippen molar-refractivity contribution in [3.63, 3.8) is 0 Å². The minimum atomic E-state index is -0.159. The van der Waals surface area contributed by atoms with Crippen LogP contribution in [0.3, 0.4) is 0 Å². The van der Waals surface area contributed by atoms with Crippen molar-refractivity contribution in [1.82, 2.24) is 9.80 Å². The number of hydrogen-bond acceptors (Lipinski definition) is 4. The normalized spacial score (nSPS) is 20.8. The molecule has 1 saturated heterocycles. The van der Waals surface area contributed by atoms with Gasteiger partial charge in [-0.15, -0.1) is 0 Å². The second-order valence-corrected chi connectivity index (χ2v) is 9.37. The molecule has 1 saturated carbocycles. The highest BCUT2D eigenvalue weighted by Gasteiger charge is 2.39. The van der Waals surface area contributed by atoms with Gasteiger partial charge in [-0.25, -0.2) is 0 Å². The van der Waals surface area contributed by atoms with E-state index in [1.807, 2.05) is 40.1 Å². The van der Waals surface area contributed by atoms with Crippen LogP contribution in [-0.2, 0) is 16.0 Å². The van der Waals surface area contributed by atoms with E-state index in [2.05, 4.69) is 12.1 Å². The van der Waals surface area contributed by atoms with E-state index in [4.69, 9.17) is 9.47 Å². The van der Waals surface area contributed by atoms with E-state index in [-0.39, 0.29) is 29.7 Å². The van der Waals surface area contributed by atoms with Crippen LogP contribution in [0, 0.1) is 11.8 Å². The molecule has 1 atom stereocenters. The molecule has 2 amide bonds. The Hall–Kier alpha value is -3.02. The predicted molar refractivity (Wildman–Crippen MR) is 125 cm³/mol. The smallest absolute Gasteiger partial charge is 0.226 e. The first-order valence-corrected chi connectivity index (χ1v) is 12.0. The molecule has 3 aliphatic rings. The number of hydrogen-bond donors (Lipinski definition) is 0. The molecule has 0 N–H and O–H groups in total. The topological polar surface area (TPSA) is 59.1 Å². The molecule has 2 fully saturated rings. The predicted octanol–water partition coefficient (Wildman–Crippen LogP) is 3.83. The molecule has 33 heavy (non-hydrogen) atoms. The Morgan fingerprint density at radius 1 is 0.818 bits per heavy atom. The van der Waals surface area contributed by atoms with Crippen molar-refractivity contribution < 1.29 is 19.1 Å². The van der Waals surface area contributed by atoms with E-state index >= 15 is 0 Å². The fraction of sp³-hybridized carbons (Fsp3) is 0.481. The maximum atomic E-state index is 13.8. The number of carbonyl (C=O) groups excluding carboxylic acids is 2. The van der Waals surface area contributed by atoms with Crippen LogP contribution in [0.2, 0.25) is 0 Å². The second kappa shape index (κ2) is 9.08. The largest absolute Gasteiger partial charge is 0.493 e. The van der Waals surface area contributed by atoms with E-state index in [1.54, 1.807) is 14.2 Å². The molecule has 6 nitrogen and oxygen atoms in total. The van der Waals surface area contributed by atoms with Crippen LogP contribution >= 0.6 is 0 Å². The Bertz CT molecular complexity index is 1030. The summed E-state index contributed by atoms with van der Waals surface area (Å²) in [5.41, 5.74) is 3.38. The SMILES string of the molecule is COc1cc2c(cc1OC)C(c1ccccc1)N(C(=O)C1CCN(C(=O)C3CC3)CC1)CC2. The van der Waals surface area contributed by atoms with Crippen molar-refractivity contribution in [2.24, 2.45) is 11.8 Å². The van der Waals surface area contributed by atoms with Crippen molar-refractivity contribution in [3.05, 3.63) is 59.2 Å². The molecule has 0 aromatic heterocycles. The van der Waals surface area contributed by atoms with Crippen LogP contribution in [0.15, 0.2) is 42.5 Å². The molecule has 174 valence electrons. The standard InChI is InChI=1S/C27H32N2O4/c1-32-23-16-21-12-15-29(25(18-6-4-3-5-7-18)22(21)17-24(23)33-2)27(31)20-10-13-28(14-11-20)26(30)19-8-9-19/h3-7,16-17,19-20,25H,8-15H2,1-2H3. The average molecular weight is 449 g/mol. The Morgan fingerprint density at radius 2 is 1.45 bits per heavy atom. The van der Waals surface area contributed by atoms with Crippen LogP contribution in [0.1, 0.15) is 48.4 Å². The molecule has 0 bridgehead atoms. The van der Waals surface area contributed by atoms with Gasteiger partial charge in [0.2, 0.25) is 11.8 Å². The van der Waals surface area contributed by atoms with Crippen LogP contribution in [0.25, 0.3) is 0 Å². The van der Waals surface area contributed by atoms with Gasteiger partial charge in [0.1, 0.15) is 0 Å². The quantitative estimate of drug-likeness (QED) is 0.698. The Labute approximate surface area is 195 Å². The van der Waals surface area contributed by atoms with Crippen LogP contribution in [-0.4, -0.2) is 55.5 Å². The van der Waals surface area contributed by atoms with Crippen molar-refractivity contribution in [2.75, 3.05) is 33.9 Å². The van der Waals surface area contributed by atoms with Gasteiger partial charge < -0.3 is 19.3 Å². The summed E-state index contributed by atoms with van der Waals surface area (Å²) in [6.07, 6.45) is 4.32. The van der Waals surface area contributed by atoms with E-state index in [0.29, 0.717) is 25.4 Å². The zero-order valence-electron chi connectivity index (χ0n) is 19.5. The van der Waals surface area contributed by atoms with Gasteiger partial charge in [0, 0.05) is 31.5 Å². The summed E-state index contributed by atoms with van der Waals surface area (Å²) in [6.45, 7) is 2.05. The number of amides is 2. The summed E-state index contributed by atoms with van der Waals surface area (Å²) < 4.78 is 11.1. The van der Waals surface area contributed by atoms with Gasteiger partial charge in [0.25, 0.3) is 0 Å². The summed E-state index contributed by atoms with van der Waals surface area (Å²) in [7, 11) is 3.29. The van der Waals surface area contributed by atoms with Crippen LogP contribution < -0.4 is 9.47 Å². The number of rotatable bonds is 5. The first-order chi connectivity index (χ1) is 16.1. The van der Waals surface area contributed by atoms with Gasteiger partial charge in [-0.05, 0) is 60.9 Å². The highest BCUT2D eigenvalue weighted by atomic mass is 16.5. The number of carbonyl (C=O) groups is 2. The molecular formula is C27H32N2O4. The lowest BCUT2D eigenvalue weighted by Crippen LogP contribution is -2.47. The van der Waals surface area contributed by atoms with Gasteiger partial charge in [-0.3, -0.25) is 9.59 Å². The fourth-order valence-corrected chi connectivity index (χ4v) is 5.35. The van der Waals surface area contributed by atoms with Gasteiger partial charge in [0.05, 0.1) is 20.3 Å². The monoisotopic (exact) mass is 448 g/mol. The molecular weight excluding hydrogens is 416 g/mol. The average Bonchev–Trinajstić information content (AvgIpc) is 3.72. The lowest BCUT2D eigenvalue weighted by atomic mass is 9.85. The molecule has 2 aliphatic heterocycles. The van der Waals surface area contributed by atoms with E-state index in [9.17, 15) is 9.59 Å². The number of nitrogens with zero attached hydrogens (tertiary/aromatic N) is 2. The van der Waals surface area contributed by atoms with Gasteiger partial charge >= 0.3 is 0 Å². The van der Waals surface area contributed by atoms with E-state index in [0.717, 1.165) is 49.0 Å². The Kier molecular flexibility index (Phi) is 6.00. The highest BCUT2D eigenvalue weighted by Crippen LogP contribution is 2.42. The molecule has 2 aromatic rings. The van der Waals surface area contributed by atoms with Crippen molar-refractivity contribution in [3.8, 4) is 11.5 Å². The lowest BCUT2D eigenvalue weighted by Gasteiger charge is -2.41. The second-order valence-electron chi connectivity index (χ2n) is 9.37. The van der Waals surface area contributed by atoms with Crippen molar-refractivity contribution >= 4 is 11.8 Å². The molecule has 1 unspecified atom stereocenters. The molecule has 2 heterocycles. The van der Waals surface area contributed by atoms with E-state index in [1.165, 1.54) is 5.56 Å². The third-order valence-electron chi connectivity index (χ3n) is 7.35. The summed E-state index contributed by atoms with van der Waals surface area (Å²) >= 11 is 0. The fourth-order valence-electron chi connectivity index (χ4n) is 5.35. The molecule has 6 heteroatoms. The number of piperidine rings is 1. The molecule has 2 aromatic carbocycles. The number of methoxy groups -OCH3 is 2. The first kappa shape index (κ1) is 21.8. The minimum Gasteiger partial charge on any atom is -0.493 e. The zero-order chi connectivity index (χ0) is 22.9. The van der Waals surface area contributed by atoms with Gasteiger partial charge in [-0.1, -0.05) is 30.3 Å². The first-order valence-electron chi connectivity index (χ1n) is 12.0. The molecule has 1 aliphatic carbocycles. The number of benzene rings is 2. The van der Waals surface area contributed by atoms with Crippen LogP contribution in [0.4, 0.5) is 0 Å².